The smallest absolute Gasteiger partial charge is 0.338 e. The van der Waals surface area contributed by atoms with E-state index >= 15 is 0 Å². The second-order valence-corrected chi connectivity index (χ2v) is 3.21. The molecule has 0 aromatic heterocycles. The van der Waals surface area contributed by atoms with Gasteiger partial charge in [0.1, 0.15) is 0 Å². The second kappa shape index (κ2) is 5.27. The van der Waals surface area contributed by atoms with Gasteiger partial charge >= 0.3 is 5.97 Å². The number of nitrogens with two attached hydrogens (primary N) is 1. The highest BCUT2D eigenvalue weighted by Crippen LogP contribution is 2.13. The fourth-order valence-corrected chi connectivity index (χ4v) is 1.37. The van der Waals surface area contributed by atoms with E-state index in [1.807, 2.05) is 0 Å². The quantitative estimate of drug-likeness (QED) is 0.709. The first-order valence-corrected chi connectivity index (χ1v) is 4.72. The van der Waals surface area contributed by atoms with Crippen LogP contribution < -0.4 is 5.73 Å². The number of ether oxygens (including phenoxy) is 1. The van der Waals surface area contributed by atoms with Crippen LogP contribution in [0.1, 0.15) is 26.3 Å². The molecule has 16 heavy (non-hydrogen) atoms. The maximum absolute atomic E-state index is 11.3. The van der Waals surface area contributed by atoms with E-state index in [1.165, 1.54) is 19.2 Å². The summed E-state index contributed by atoms with van der Waals surface area (Å²) in [6, 6.07) is 4.61. The summed E-state index contributed by atoms with van der Waals surface area (Å²) in [6.07, 6.45) is 0.404. The SMILES string of the molecule is COC(=O)c1ccc(CCO)cc1C(N)=O. The molecule has 1 aromatic carbocycles. The van der Waals surface area contributed by atoms with Crippen molar-refractivity contribution in [1.82, 2.24) is 0 Å². The number of aliphatic hydroxyl groups excluding tert-OH is 1. The minimum absolute atomic E-state index is 0.0320. The van der Waals surface area contributed by atoms with Gasteiger partial charge in [-0.25, -0.2) is 4.79 Å². The van der Waals surface area contributed by atoms with E-state index in [1.54, 1.807) is 6.07 Å². The first-order chi connectivity index (χ1) is 7.60. The van der Waals surface area contributed by atoms with Crippen molar-refractivity contribution in [3.05, 3.63) is 34.9 Å². The molecule has 86 valence electrons. The predicted molar refractivity (Wildman–Crippen MR) is 57.1 cm³/mol. The van der Waals surface area contributed by atoms with Gasteiger partial charge < -0.3 is 15.6 Å². The minimum Gasteiger partial charge on any atom is -0.465 e. The molecule has 1 rings (SSSR count). The number of hydrogen-bond donors (Lipinski definition) is 2. The zero-order valence-electron chi connectivity index (χ0n) is 8.90. The number of primary amides is 1. The van der Waals surface area contributed by atoms with E-state index in [9.17, 15) is 9.59 Å². The van der Waals surface area contributed by atoms with Crippen molar-refractivity contribution in [2.45, 2.75) is 6.42 Å². The van der Waals surface area contributed by atoms with Crippen LogP contribution >= 0.6 is 0 Å². The molecule has 0 atom stereocenters. The van der Waals surface area contributed by atoms with Crippen molar-refractivity contribution >= 4 is 11.9 Å². The number of methoxy groups -OCH3 is 1. The van der Waals surface area contributed by atoms with Gasteiger partial charge in [0.15, 0.2) is 0 Å². The molecule has 0 unspecified atom stereocenters. The average molecular weight is 223 g/mol. The van der Waals surface area contributed by atoms with Crippen molar-refractivity contribution < 1.29 is 19.4 Å². The normalized spacial score (nSPS) is 9.88. The van der Waals surface area contributed by atoms with Crippen LogP contribution in [-0.4, -0.2) is 30.7 Å². The first-order valence-electron chi connectivity index (χ1n) is 4.72. The van der Waals surface area contributed by atoms with Crippen LogP contribution in [0.5, 0.6) is 0 Å². The van der Waals surface area contributed by atoms with Gasteiger partial charge in [-0.15, -0.1) is 0 Å². The number of benzene rings is 1. The molecule has 1 aromatic rings. The van der Waals surface area contributed by atoms with Crippen LogP contribution in [-0.2, 0) is 11.2 Å². The fraction of sp³-hybridized carbons (Fsp3) is 0.273. The average Bonchev–Trinajstić information content (AvgIpc) is 2.28. The maximum Gasteiger partial charge on any atom is 0.338 e. The number of carbonyl (C=O) groups excluding carboxylic acids is 2. The molecule has 3 N–H and O–H groups in total. The molecule has 0 spiro atoms. The number of aliphatic hydroxyl groups is 1. The van der Waals surface area contributed by atoms with Gasteiger partial charge in [0, 0.05) is 6.61 Å². The van der Waals surface area contributed by atoms with Crippen LogP contribution in [0.2, 0.25) is 0 Å². The van der Waals surface area contributed by atoms with Crippen molar-refractivity contribution in [3.63, 3.8) is 0 Å². The maximum atomic E-state index is 11.3. The van der Waals surface area contributed by atoms with Crippen LogP contribution in [0.15, 0.2) is 18.2 Å². The van der Waals surface area contributed by atoms with Crippen molar-refractivity contribution in [1.29, 1.82) is 0 Å². The number of esters is 1. The zero-order valence-corrected chi connectivity index (χ0v) is 8.90. The Morgan fingerprint density at radius 1 is 1.38 bits per heavy atom. The molecule has 0 aliphatic carbocycles. The molecule has 0 saturated heterocycles. The Balaban J connectivity index is 3.19. The molecule has 0 aliphatic rings. The number of amides is 1. The largest absolute Gasteiger partial charge is 0.465 e. The molecular formula is C11H13NO4. The van der Waals surface area contributed by atoms with Gasteiger partial charge in [-0.2, -0.15) is 0 Å². The third kappa shape index (κ3) is 2.58. The molecule has 0 bridgehead atoms. The Labute approximate surface area is 92.8 Å². The molecular weight excluding hydrogens is 210 g/mol. The second-order valence-electron chi connectivity index (χ2n) is 3.21. The Morgan fingerprint density at radius 3 is 2.56 bits per heavy atom. The van der Waals surface area contributed by atoms with Gasteiger partial charge in [-0.3, -0.25) is 4.79 Å². The van der Waals surface area contributed by atoms with Crippen LogP contribution in [0, 0.1) is 0 Å². The van der Waals surface area contributed by atoms with Crippen molar-refractivity contribution in [3.8, 4) is 0 Å². The molecule has 0 fully saturated rings. The van der Waals surface area contributed by atoms with E-state index in [-0.39, 0.29) is 17.7 Å². The molecule has 0 aliphatic heterocycles. The van der Waals surface area contributed by atoms with E-state index in [4.69, 9.17) is 10.8 Å². The lowest BCUT2D eigenvalue weighted by molar-refractivity contribution is 0.0597. The molecule has 0 heterocycles. The summed E-state index contributed by atoms with van der Waals surface area (Å²) < 4.78 is 4.53. The highest BCUT2D eigenvalue weighted by molar-refractivity contribution is 6.04. The minimum atomic E-state index is -0.694. The third-order valence-electron chi connectivity index (χ3n) is 2.16. The highest BCUT2D eigenvalue weighted by atomic mass is 16.5. The summed E-state index contributed by atoms with van der Waals surface area (Å²) >= 11 is 0. The number of hydrogen-bond acceptors (Lipinski definition) is 4. The molecule has 1 amide bonds. The molecule has 5 heteroatoms. The topological polar surface area (TPSA) is 89.6 Å². The van der Waals surface area contributed by atoms with E-state index < -0.39 is 11.9 Å². The Kier molecular flexibility index (Phi) is 4.02. The number of carbonyl (C=O) groups is 2. The summed E-state index contributed by atoms with van der Waals surface area (Å²) in [4.78, 5) is 22.5. The van der Waals surface area contributed by atoms with E-state index in [0.29, 0.717) is 6.42 Å². The lowest BCUT2D eigenvalue weighted by atomic mass is 10.0. The first kappa shape index (κ1) is 12.2. The lowest BCUT2D eigenvalue weighted by Gasteiger charge is -2.07. The zero-order chi connectivity index (χ0) is 12.1. The highest BCUT2D eigenvalue weighted by Gasteiger charge is 2.15. The standard InChI is InChI=1S/C11H13NO4/c1-16-11(15)8-3-2-7(4-5-13)6-9(8)10(12)14/h2-3,6,13H,4-5H2,1H3,(H2,12,14). The molecule has 0 radical (unpaired) electrons. The van der Waals surface area contributed by atoms with Crippen LogP contribution in [0.25, 0.3) is 0 Å². The van der Waals surface area contributed by atoms with Gasteiger partial charge in [-0.1, -0.05) is 6.07 Å². The predicted octanol–water partition coefficient (Wildman–Crippen LogP) is 0.107. The Bertz CT molecular complexity index is 414. The Hall–Kier alpha value is -1.88. The summed E-state index contributed by atoms with van der Waals surface area (Å²) in [5.41, 5.74) is 6.15. The lowest BCUT2D eigenvalue weighted by Crippen LogP contribution is -2.17. The summed E-state index contributed by atoms with van der Waals surface area (Å²) in [7, 11) is 1.23. The molecule has 0 saturated carbocycles. The van der Waals surface area contributed by atoms with Crippen LogP contribution in [0.4, 0.5) is 0 Å². The van der Waals surface area contributed by atoms with Gasteiger partial charge in [0.25, 0.3) is 0 Å². The fourth-order valence-electron chi connectivity index (χ4n) is 1.37. The monoisotopic (exact) mass is 223 g/mol. The summed E-state index contributed by atoms with van der Waals surface area (Å²) in [5, 5.41) is 8.77. The van der Waals surface area contributed by atoms with Gasteiger partial charge in [-0.05, 0) is 24.1 Å². The summed E-state index contributed by atoms with van der Waals surface area (Å²) in [5.74, 6) is -1.30. The third-order valence-corrected chi connectivity index (χ3v) is 2.16. The van der Waals surface area contributed by atoms with Crippen LogP contribution in [0.3, 0.4) is 0 Å². The van der Waals surface area contributed by atoms with E-state index in [2.05, 4.69) is 4.74 Å². The van der Waals surface area contributed by atoms with Gasteiger partial charge in [0.05, 0.1) is 18.2 Å². The molecule has 5 nitrogen and oxygen atoms in total. The van der Waals surface area contributed by atoms with Gasteiger partial charge in [0.2, 0.25) is 5.91 Å². The van der Waals surface area contributed by atoms with E-state index in [0.717, 1.165) is 5.56 Å². The van der Waals surface area contributed by atoms with Crippen molar-refractivity contribution in [2.75, 3.05) is 13.7 Å². The summed E-state index contributed by atoms with van der Waals surface area (Å²) in [6.45, 7) is -0.0320. The Morgan fingerprint density at radius 2 is 2.06 bits per heavy atom. The number of rotatable bonds is 4. The van der Waals surface area contributed by atoms with Crippen molar-refractivity contribution in [2.24, 2.45) is 5.73 Å².